The molecule has 5 atom stereocenters. The van der Waals surface area contributed by atoms with Crippen molar-refractivity contribution in [2.45, 2.75) is 126 Å². The fourth-order valence-electron chi connectivity index (χ4n) is 7.43. The van der Waals surface area contributed by atoms with Gasteiger partial charge in [0.2, 0.25) is 21.8 Å². The highest BCUT2D eigenvalue weighted by Gasteiger charge is 2.62. The fourth-order valence-corrected chi connectivity index (χ4v) is 8.79. The molecule has 1 saturated heterocycles. The van der Waals surface area contributed by atoms with Crippen LogP contribution < -0.4 is 20.7 Å². The van der Waals surface area contributed by atoms with Gasteiger partial charge in [0.05, 0.1) is 18.3 Å². The van der Waals surface area contributed by atoms with E-state index in [0.717, 1.165) is 23.1 Å². The SMILES string of the molecule is C=C[C@@H]1C[C@]1(NC(=O)[C@@H]1C[C@@H]2CN1C(=O)[C@H](CCCC)NC(=O)NC(C)(C)CC/C=C/c1cccc3c1CN(C3)C(=O)O2)C(=O)NS(=O)(=O)C1CC1. The van der Waals surface area contributed by atoms with Gasteiger partial charge in [-0.1, -0.05) is 56.2 Å². The van der Waals surface area contributed by atoms with Crippen LogP contribution in [0.4, 0.5) is 9.59 Å². The number of unbranched alkanes of at least 4 members (excludes halogenated alkanes) is 1. The summed E-state index contributed by atoms with van der Waals surface area (Å²) >= 11 is 0. The van der Waals surface area contributed by atoms with Crippen LogP contribution in [0.2, 0.25) is 0 Å². The third kappa shape index (κ3) is 7.98. The molecule has 0 spiro atoms. The molecule has 2 aliphatic carbocycles. The zero-order valence-electron chi connectivity index (χ0n) is 30.1. The number of nitrogens with one attached hydrogen (secondary N) is 4. The van der Waals surface area contributed by atoms with E-state index in [4.69, 9.17) is 4.74 Å². The molecule has 5 aliphatic rings. The number of fused-ring (bicyclic) bond motifs is 3. The maximum Gasteiger partial charge on any atom is 0.410 e. The third-order valence-corrected chi connectivity index (χ3v) is 12.6. The minimum absolute atomic E-state index is 0.0609. The van der Waals surface area contributed by atoms with Crippen molar-refractivity contribution >= 4 is 45.9 Å². The van der Waals surface area contributed by atoms with Crippen LogP contribution in [0.25, 0.3) is 6.08 Å². The Labute approximate surface area is 305 Å². The summed E-state index contributed by atoms with van der Waals surface area (Å²) in [5, 5.41) is 7.95. The normalized spacial score (nSPS) is 29.4. The molecule has 4 N–H and O–H groups in total. The maximum atomic E-state index is 14.4. The molecule has 14 nitrogen and oxygen atoms in total. The van der Waals surface area contributed by atoms with Crippen LogP contribution in [0, 0.1) is 5.92 Å². The Hall–Kier alpha value is -4.40. The van der Waals surface area contributed by atoms with Crippen molar-refractivity contribution in [1.82, 2.24) is 30.5 Å². The molecule has 15 heteroatoms. The molecule has 0 radical (unpaired) electrons. The number of amides is 6. The molecule has 1 aromatic rings. The van der Waals surface area contributed by atoms with Gasteiger partial charge in [0.1, 0.15) is 23.7 Å². The van der Waals surface area contributed by atoms with Crippen molar-refractivity contribution < 1.29 is 37.1 Å². The van der Waals surface area contributed by atoms with E-state index in [1.807, 2.05) is 45.0 Å². The lowest BCUT2D eigenvalue weighted by Gasteiger charge is -2.31. The molecule has 52 heavy (non-hydrogen) atoms. The minimum Gasteiger partial charge on any atom is -0.444 e. The van der Waals surface area contributed by atoms with Crippen molar-refractivity contribution in [3.8, 4) is 0 Å². The van der Waals surface area contributed by atoms with Gasteiger partial charge in [0.15, 0.2) is 0 Å². The number of nitrogens with zero attached hydrogens (tertiary/aromatic N) is 2. The Morgan fingerprint density at radius 3 is 2.62 bits per heavy atom. The Morgan fingerprint density at radius 2 is 1.92 bits per heavy atom. The van der Waals surface area contributed by atoms with Crippen molar-refractivity contribution in [3.63, 3.8) is 0 Å². The summed E-state index contributed by atoms with van der Waals surface area (Å²) in [5.74, 6) is -2.60. The molecular formula is C37H50N6O8S. The zero-order valence-corrected chi connectivity index (χ0v) is 30.9. The highest BCUT2D eigenvalue weighted by Crippen LogP contribution is 2.45. The lowest BCUT2D eigenvalue weighted by Crippen LogP contribution is -2.59. The van der Waals surface area contributed by atoms with Gasteiger partial charge in [-0.05, 0) is 69.1 Å². The highest BCUT2D eigenvalue weighted by molar-refractivity contribution is 7.91. The molecule has 1 aromatic carbocycles. The molecule has 0 unspecified atom stereocenters. The number of sulfonamides is 1. The van der Waals surface area contributed by atoms with E-state index in [-0.39, 0.29) is 19.4 Å². The summed E-state index contributed by atoms with van der Waals surface area (Å²) in [7, 11) is -3.90. The van der Waals surface area contributed by atoms with Crippen molar-refractivity contribution in [1.29, 1.82) is 0 Å². The quantitative estimate of drug-likeness (QED) is 0.279. The number of hydrogen-bond acceptors (Lipinski definition) is 8. The average Bonchev–Trinajstić information content (AvgIpc) is 3.98. The predicted octanol–water partition coefficient (Wildman–Crippen LogP) is 3.22. The largest absolute Gasteiger partial charge is 0.444 e. The fraction of sp³-hybridized carbons (Fsp3) is 0.595. The summed E-state index contributed by atoms with van der Waals surface area (Å²) in [4.78, 5) is 71.8. The summed E-state index contributed by atoms with van der Waals surface area (Å²) in [6.45, 7) is 10.1. The molecule has 2 saturated carbocycles. The highest BCUT2D eigenvalue weighted by atomic mass is 32.2. The zero-order chi connectivity index (χ0) is 37.4. The van der Waals surface area contributed by atoms with Crippen LogP contribution in [0.15, 0.2) is 36.9 Å². The van der Waals surface area contributed by atoms with E-state index in [9.17, 15) is 32.4 Å². The molecule has 3 aliphatic heterocycles. The summed E-state index contributed by atoms with van der Waals surface area (Å²) in [5.41, 5.74) is 0.829. The van der Waals surface area contributed by atoms with Gasteiger partial charge in [-0.25, -0.2) is 18.0 Å². The first-order chi connectivity index (χ1) is 24.7. The number of allylic oxidation sites excluding steroid dienone is 1. The van der Waals surface area contributed by atoms with E-state index in [1.54, 1.807) is 4.90 Å². The minimum atomic E-state index is -3.90. The summed E-state index contributed by atoms with van der Waals surface area (Å²) in [6, 6.07) is 3.22. The van der Waals surface area contributed by atoms with E-state index < -0.39 is 80.3 Å². The maximum absolute atomic E-state index is 14.4. The Kier molecular flexibility index (Phi) is 10.5. The topological polar surface area (TPSA) is 183 Å². The van der Waals surface area contributed by atoms with E-state index in [1.165, 1.54) is 11.0 Å². The van der Waals surface area contributed by atoms with Gasteiger partial charge in [-0.2, -0.15) is 0 Å². The van der Waals surface area contributed by atoms with E-state index in [0.29, 0.717) is 51.6 Å². The first-order valence-electron chi connectivity index (χ1n) is 18.3. The van der Waals surface area contributed by atoms with E-state index >= 15 is 0 Å². The third-order valence-electron chi connectivity index (χ3n) is 10.8. The molecule has 282 valence electrons. The Balaban J connectivity index is 1.28. The standard InChI is InChI=1S/C37H50N6O8S/c1-5-7-14-29-32(45)43-21-26(18-30(43)31(44)39-37(19-25(37)6-2)33(46)41-52(49,50)27-15-16-27)51-35(48)42-20-24-13-10-12-23(28(24)22-42)11-8-9-17-36(3,4)40-34(47)38-29/h6,8,10-13,25-27,29-30H,2,5,7,9,14-22H2,1,3-4H3,(H,39,44)(H,41,46)(H2,38,40,47)/b11-8+/t25-,26-,29+,30+,37-/m1/s1. The second kappa shape index (κ2) is 14.6. The van der Waals surface area contributed by atoms with Crippen LogP contribution in [-0.2, 0) is 42.2 Å². The lowest BCUT2D eigenvalue weighted by atomic mass is 9.97. The van der Waals surface area contributed by atoms with Crippen LogP contribution in [0.5, 0.6) is 0 Å². The van der Waals surface area contributed by atoms with Crippen molar-refractivity contribution in [2.75, 3.05) is 6.54 Å². The number of carbonyl (C=O) groups excluding carboxylic acids is 5. The van der Waals surface area contributed by atoms with Crippen molar-refractivity contribution in [2.24, 2.45) is 5.92 Å². The number of ether oxygens (including phenoxy) is 1. The smallest absolute Gasteiger partial charge is 0.410 e. The number of benzene rings is 1. The average molecular weight is 739 g/mol. The number of urea groups is 1. The monoisotopic (exact) mass is 738 g/mol. The van der Waals surface area contributed by atoms with Crippen LogP contribution in [0.1, 0.15) is 95.2 Å². The van der Waals surface area contributed by atoms with Crippen molar-refractivity contribution in [3.05, 3.63) is 53.6 Å². The first kappa shape index (κ1) is 37.4. The summed E-state index contributed by atoms with van der Waals surface area (Å²) < 4.78 is 33.4. The predicted molar refractivity (Wildman–Crippen MR) is 193 cm³/mol. The molecule has 4 bridgehead atoms. The molecule has 6 amide bonds. The van der Waals surface area contributed by atoms with Gasteiger partial charge in [-0.3, -0.25) is 24.0 Å². The van der Waals surface area contributed by atoms with Crippen LogP contribution in [0.3, 0.4) is 0 Å². The Morgan fingerprint density at radius 1 is 1.15 bits per heavy atom. The first-order valence-corrected chi connectivity index (χ1v) is 19.8. The Bertz CT molecular complexity index is 1770. The molecule has 3 heterocycles. The molecule has 0 aromatic heterocycles. The number of rotatable bonds is 9. The van der Waals surface area contributed by atoms with Gasteiger partial charge in [0.25, 0.3) is 5.91 Å². The van der Waals surface area contributed by atoms with Gasteiger partial charge in [0, 0.05) is 24.4 Å². The second-order valence-electron chi connectivity index (χ2n) is 15.4. The second-order valence-corrected chi connectivity index (χ2v) is 17.4. The van der Waals surface area contributed by atoms with Gasteiger partial charge < -0.3 is 25.6 Å². The molecular weight excluding hydrogens is 689 g/mol. The lowest BCUT2D eigenvalue weighted by molar-refractivity contribution is -0.141. The summed E-state index contributed by atoms with van der Waals surface area (Å²) in [6.07, 6.45) is 8.07. The molecule has 6 rings (SSSR count). The van der Waals surface area contributed by atoms with Crippen LogP contribution in [-0.4, -0.2) is 89.1 Å². The van der Waals surface area contributed by atoms with Crippen LogP contribution >= 0.6 is 0 Å². The number of carbonyl (C=O) groups is 5. The van der Waals surface area contributed by atoms with Gasteiger partial charge >= 0.3 is 12.1 Å². The molecule has 3 fully saturated rings. The van der Waals surface area contributed by atoms with E-state index in [2.05, 4.69) is 33.3 Å². The van der Waals surface area contributed by atoms with Gasteiger partial charge in [-0.15, -0.1) is 6.58 Å². The number of hydrogen-bond donors (Lipinski definition) is 4.